The summed E-state index contributed by atoms with van der Waals surface area (Å²) in [5.74, 6) is -1.27. The van der Waals surface area contributed by atoms with Gasteiger partial charge in [-0.15, -0.1) is 0 Å². The number of nitrogens with one attached hydrogen (secondary N) is 1. The third-order valence-electron chi connectivity index (χ3n) is 5.82. The molecule has 7 nitrogen and oxygen atoms in total. The number of hydrazone groups is 1. The zero-order valence-electron chi connectivity index (χ0n) is 20.6. The van der Waals surface area contributed by atoms with Crippen molar-refractivity contribution in [2.24, 2.45) is 5.10 Å². The molecule has 0 atom stereocenters. The van der Waals surface area contributed by atoms with Crippen molar-refractivity contribution in [2.45, 2.75) is 0 Å². The molecule has 0 unspecified atom stereocenters. The van der Waals surface area contributed by atoms with E-state index in [0.29, 0.717) is 22.3 Å². The molecule has 0 heterocycles. The zero-order chi connectivity index (χ0) is 27.0. The molecule has 0 aromatic heterocycles. The second kappa shape index (κ2) is 11.7. The highest BCUT2D eigenvalue weighted by Crippen LogP contribution is 2.26. The van der Waals surface area contributed by atoms with E-state index in [1.807, 2.05) is 30.3 Å². The lowest BCUT2D eigenvalue weighted by Crippen LogP contribution is -2.18. The van der Waals surface area contributed by atoms with Crippen LogP contribution in [0.3, 0.4) is 0 Å². The fraction of sp³-hybridized carbons (Fsp3) is 0. The summed E-state index contributed by atoms with van der Waals surface area (Å²) in [7, 11) is 0. The van der Waals surface area contributed by atoms with Crippen molar-refractivity contribution < 1.29 is 23.9 Å². The molecule has 190 valence electrons. The number of hydrogen-bond donors (Lipinski definition) is 1. The third-order valence-corrected chi connectivity index (χ3v) is 5.82. The number of fused-ring (bicyclic) bond motifs is 1. The first-order valence-electron chi connectivity index (χ1n) is 12.1. The Balaban J connectivity index is 1.38. The Bertz CT molecular complexity index is 1680. The monoisotopic (exact) mass is 514 g/mol. The Morgan fingerprint density at radius 2 is 1.26 bits per heavy atom. The van der Waals surface area contributed by atoms with Gasteiger partial charge in [-0.2, -0.15) is 5.10 Å². The van der Waals surface area contributed by atoms with E-state index in [0.717, 1.165) is 10.8 Å². The minimum absolute atomic E-state index is 0.102. The molecule has 7 heteroatoms. The van der Waals surface area contributed by atoms with Gasteiger partial charge in [0.2, 0.25) is 0 Å². The maximum Gasteiger partial charge on any atom is 0.343 e. The van der Waals surface area contributed by atoms with E-state index >= 15 is 0 Å². The van der Waals surface area contributed by atoms with Crippen molar-refractivity contribution >= 4 is 34.8 Å². The molecule has 0 radical (unpaired) electrons. The first kappa shape index (κ1) is 25.1. The van der Waals surface area contributed by atoms with Gasteiger partial charge in [0.1, 0.15) is 11.5 Å². The molecule has 1 N–H and O–H groups in total. The average Bonchev–Trinajstić information content (AvgIpc) is 2.98. The number of amides is 1. The van der Waals surface area contributed by atoms with Crippen LogP contribution in [0.25, 0.3) is 10.8 Å². The van der Waals surface area contributed by atoms with Gasteiger partial charge in [-0.1, -0.05) is 72.8 Å². The van der Waals surface area contributed by atoms with Crippen LogP contribution >= 0.6 is 0 Å². The zero-order valence-corrected chi connectivity index (χ0v) is 20.6. The van der Waals surface area contributed by atoms with Gasteiger partial charge < -0.3 is 9.47 Å². The first-order valence-corrected chi connectivity index (χ1v) is 12.1. The molecule has 39 heavy (non-hydrogen) atoms. The summed E-state index contributed by atoms with van der Waals surface area (Å²) in [4.78, 5) is 38.1. The van der Waals surface area contributed by atoms with E-state index < -0.39 is 11.9 Å². The molecular weight excluding hydrogens is 492 g/mol. The predicted octanol–water partition coefficient (Wildman–Crippen LogP) is 6.04. The van der Waals surface area contributed by atoms with Gasteiger partial charge in [0.25, 0.3) is 5.91 Å². The van der Waals surface area contributed by atoms with Crippen LogP contribution in [0.15, 0.2) is 126 Å². The van der Waals surface area contributed by atoms with Crippen molar-refractivity contribution in [1.29, 1.82) is 0 Å². The highest BCUT2D eigenvalue weighted by Gasteiger charge is 2.15. The fourth-order valence-electron chi connectivity index (χ4n) is 3.89. The molecule has 5 aromatic rings. The Morgan fingerprint density at radius 1 is 0.641 bits per heavy atom. The van der Waals surface area contributed by atoms with Crippen molar-refractivity contribution in [1.82, 2.24) is 5.43 Å². The van der Waals surface area contributed by atoms with Crippen molar-refractivity contribution in [3.8, 4) is 11.5 Å². The minimum Gasteiger partial charge on any atom is -0.423 e. The molecule has 0 saturated heterocycles. The lowest BCUT2D eigenvalue weighted by Gasteiger charge is -2.11. The highest BCUT2D eigenvalue weighted by molar-refractivity contribution is 6.07. The molecule has 5 rings (SSSR count). The van der Waals surface area contributed by atoms with E-state index in [1.54, 1.807) is 84.9 Å². The first-order chi connectivity index (χ1) is 19.1. The third kappa shape index (κ3) is 6.06. The molecule has 0 aliphatic carbocycles. The number of carbonyl (C=O) groups excluding carboxylic acids is 3. The van der Waals surface area contributed by atoms with Crippen molar-refractivity contribution in [3.05, 3.63) is 144 Å². The fourth-order valence-corrected chi connectivity index (χ4v) is 3.89. The summed E-state index contributed by atoms with van der Waals surface area (Å²) < 4.78 is 11.1. The number of carbonyl (C=O) groups is 3. The summed E-state index contributed by atoms with van der Waals surface area (Å²) in [5, 5.41) is 5.82. The molecule has 5 aromatic carbocycles. The number of nitrogens with zero attached hydrogens (tertiary/aromatic N) is 1. The van der Waals surface area contributed by atoms with Crippen LogP contribution in [-0.4, -0.2) is 24.1 Å². The summed E-state index contributed by atoms with van der Waals surface area (Å²) in [6, 6.07) is 34.6. The average molecular weight is 515 g/mol. The van der Waals surface area contributed by atoms with Crippen LogP contribution in [0.2, 0.25) is 0 Å². The topological polar surface area (TPSA) is 94.1 Å². The molecular formula is C32H22N2O5. The van der Waals surface area contributed by atoms with Crippen molar-refractivity contribution in [2.75, 3.05) is 0 Å². The largest absolute Gasteiger partial charge is 0.423 e. The molecule has 0 aliphatic heterocycles. The lowest BCUT2D eigenvalue weighted by atomic mass is 10.0. The number of benzene rings is 5. The van der Waals surface area contributed by atoms with Crippen LogP contribution in [0.1, 0.15) is 36.6 Å². The number of ether oxygens (including phenoxy) is 2. The Morgan fingerprint density at radius 3 is 1.97 bits per heavy atom. The quantitative estimate of drug-likeness (QED) is 0.124. The number of rotatable bonds is 7. The molecule has 0 aliphatic rings. The van der Waals surface area contributed by atoms with E-state index in [9.17, 15) is 14.4 Å². The van der Waals surface area contributed by atoms with E-state index in [4.69, 9.17) is 9.47 Å². The second-order valence-corrected chi connectivity index (χ2v) is 8.44. The van der Waals surface area contributed by atoms with Crippen molar-refractivity contribution in [3.63, 3.8) is 0 Å². The maximum atomic E-state index is 12.8. The van der Waals surface area contributed by atoms with Gasteiger partial charge in [0.05, 0.1) is 17.3 Å². The Labute approximate surface area is 224 Å². The van der Waals surface area contributed by atoms with E-state index in [-0.39, 0.29) is 17.4 Å². The smallest absolute Gasteiger partial charge is 0.343 e. The number of hydrogen-bond acceptors (Lipinski definition) is 6. The van der Waals surface area contributed by atoms with Gasteiger partial charge in [-0.05, 0) is 53.2 Å². The van der Waals surface area contributed by atoms with Crippen LogP contribution in [0.5, 0.6) is 11.5 Å². The van der Waals surface area contributed by atoms with Crippen LogP contribution < -0.4 is 14.9 Å². The van der Waals surface area contributed by atoms with E-state index in [1.165, 1.54) is 12.3 Å². The summed E-state index contributed by atoms with van der Waals surface area (Å²) in [5.41, 5.74) is 4.11. The van der Waals surface area contributed by atoms with Gasteiger partial charge in [0.15, 0.2) is 0 Å². The predicted molar refractivity (Wildman–Crippen MR) is 148 cm³/mol. The van der Waals surface area contributed by atoms with Gasteiger partial charge in [-0.3, -0.25) is 4.79 Å². The molecule has 1 amide bonds. The highest BCUT2D eigenvalue weighted by atomic mass is 16.5. The van der Waals surface area contributed by atoms with Gasteiger partial charge in [-0.25, -0.2) is 15.0 Å². The van der Waals surface area contributed by atoms with Crippen LogP contribution in [-0.2, 0) is 0 Å². The van der Waals surface area contributed by atoms with E-state index in [2.05, 4.69) is 10.5 Å². The summed E-state index contributed by atoms with van der Waals surface area (Å²) in [6.45, 7) is 0. The van der Waals surface area contributed by atoms with Crippen LogP contribution in [0.4, 0.5) is 0 Å². The molecule has 0 bridgehead atoms. The Kier molecular flexibility index (Phi) is 7.51. The molecule has 0 saturated carbocycles. The second-order valence-electron chi connectivity index (χ2n) is 8.44. The van der Waals surface area contributed by atoms with Gasteiger partial charge in [0, 0.05) is 17.2 Å². The number of esters is 2. The van der Waals surface area contributed by atoms with Crippen LogP contribution in [0, 0.1) is 0 Å². The summed E-state index contributed by atoms with van der Waals surface area (Å²) >= 11 is 0. The normalized spacial score (nSPS) is 10.8. The SMILES string of the molecule is O=C(Oc1ccc(/C=N\NC(=O)c2cccc3ccccc23)c(OC(=O)c2ccccc2)c1)c1ccccc1. The van der Waals surface area contributed by atoms with Gasteiger partial charge >= 0.3 is 11.9 Å². The maximum absolute atomic E-state index is 12.8. The Hall–Kier alpha value is -5.56. The molecule has 0 spiro atoms. The summed E-state index contributed by atoms with van der Waals surface area (Å²) in [6.07, 6.45) is 1.36. The lowest BCUT2D eigenvalue weighted by molar-refractivity contribution is 0.0732. The minimum atomic E-state index is -0.600. The standard InChI is InChI=1S/C32H22N2O5/c35-30(28-17-9-15-22-10-7-8-16-27(22)28)34-33-21-25-18-19-26(38-31(36)23-11-3-1-4-12-23)20-29(25)39-32(37)24-13-5-2-6-14-24/h1-21H,(H,34,35)/b33-21-. The molecule has 0 fully saturated rings.